The van der Waals surface area contributed by atoms with Crippen LogP contribution in [-0.2, 0) is 35.2 Å². The summed E-state index contributed by atoms with van der Waals surface area (Å²) in [6.07, 6.45) is -0.421. The highest BCUT2D eigenvalue weighted by Gasteiger charge is 2.25. The third-order valence-electron chi connectivity index (χ3n) is 6.20. The van der Waals surface area contributed by atoms with E-state index < -0.39 is 60.2 Å². The first kappa shape index (κ1) is 36.4. The first-order valence-electron chi connectivity index (χ1n) is 13.7. The molecule has 2 aromatic carbocycles. The van der Waals surface area contributed by atoms with Crippen LogP contribution in [0.25, 0.3) is 0 Å². The van der Waals surface area contributed by atoms with Crippen LogP contribution in [0.4, 0.5) is 0 Å². The van der Waals surface area contributed by atoms with E-state index in [9.17, 15) is 33.6 Å². The molecule has 0 radical (unpaired) electrons. The molecular weight excluding hydrogens is 608 g/mol. The maximum atomic E-state index is 12.8. The van der Waals surface area contributed by atoms with E-state index in [0.29, 0.717) is 16.7 Å². The fourth-order valence-corrected chi connectivity index (χ4v) is 4.73. The van der Waals surface area contributed by atoms with Gasteiger partial charge in [0, 0.05) is 29.7 Å². The summed E-state index contributed by atoms with van der Waals surface area (Å²) >= 11 is 0.932. The van der Waals surface area contributed by atoms with Gasteiger partial charge in [-0.15, -0.1) is 11.8 Å². The van der Waals surface area contributed by atoms with Gasteiger partial charge in [0.1, 0.15) is 24.7 Å². The van der Waals surface area contributed by atoms with Crippen molar-refractivity contribution < 1.29 is 43.8 Å². The fourth-order valence-electron chi connectivity index (χ4n) is 3.87. The summed E-state index contributed by atoms with van der Waals surface area (Å²) in [5.74, 6) is -5.79. The Kier molecular flexibility index (Phi) is 15.2. The van der Waals surface area contributed by atoms with Gasteiger partial charge in [0.2, 0.25) is 23.6 Å². The van der Waals surface area contributed by atoms with Crippen molar-refractivity contribution in [3.63, 3.8) is 0 Å². The normalized spacial score (nSPS) is 12.6. The largest absolute Gasteiger partial charge is 0.480 e. The van der Waals surface area contributed by atoms with Gasteiger partial charge >= 0.3 is 11.9 Å². The molecule has 0 aromatic heterocycles. The molecule has 45 heavy (non-hydrogen) atoms. The van der Waals surface area contributed by atoms with Gasteiger partial charge in [-0.2, -0.15) is 0 Å². The molecule has 242 valence electrons. The molecule has 2 aromatic rings. The van der Waals surface area contributed by atoms with Crippen molar-refractivity contribution in [1.82, 2.24) is 21.3 Å². The Balaban J connectivity index is 2.00. The van der Waals surface area contributed by atoms with Gasteiger partial charge in [-0.3, -0.25) is 33.6 Å². The van der Waals surface area contributed by atoms with Crippen LogP contribution in [0, 0.1) is 0 Å². The summed E-state index contributed by atoms with van der Waals surface area (Å²) in [4.78, 5) is 84.6. The zero-order valence-electron chi connectivity index (χ0n) is 24.2. The molecule has 2 rings (SSSR count). The lowest BCUT2D eigenvalue weighted by Gasteiger charge is -2.20. The lowest BCUT2D eigenvalue weighted by atomic mass is 9.99. The van der Waals surface area contributed by atoms with E-state index in [4.69, 9.17) is 21.7 Å². The third-order valence-corrected chi connectivity index (χ3v) is 7.24. The zero-order chi connectivity index (χ0) is 33.4. The monoisotopic (exact) mass is 644 g/mol. The summed E-state index contributed by atoms with van der Waals surface area (Å²) in [6, 6.07) is 11.8. The van der Waals surface area contributed by atoms with Gasteiger partial charge in [0.05, 0.1) is 12.4 Å². The lowest BCUT2D eigenvalue weighted by molar-refractivity contribution is -0.139. The predicted molar refractivity (Wildman–Crippen MR) is 164 cm³/mol. The number of carboxylic acid groups (broad SMARTS) is 2. The highest BCUT2D eigenvalue weighted by molar-refractivity contribution is 8.00. The van der Waals surface area contributed by atoms with Crippen molar-refractivity contribution in [3.05, 3.63) is 71.3 Å². The maximum absolute atomic E-state index is 12.8. The number of nitrogens with one attached hydrogen (secondary N) is 4. The van der Waals surface area contributed by atoms with E-state index in [1.54, 1.807) is 54.6 Å². The molecule has 15 nitrogen and oxygen atoms in total. The molecule has 0 aliphatic rings. The number of thioether (sulfide) groups is 1. The van der Waals surface area contributed by atoms with Gasteiger partial charge < -0.3 is 42.9 Å². The number of carboxylic acids is 2. The van der Waals surface area contributed by atoms with Gasteiger partial charge in [-0.25, -0.2) is 0 Å². The third kappa shape index (κ3) is 13.2. The van der Waals surface area contributed by atoms with Gasteiger partial charge in [0.15, 0.2) is 5.78 Å². The van der Waals surface area contributed by atoms with Crippen LogP contribution in [0.3, 0.4) is 0 Å². The Hall–Kier alpha value is -4.80. The van der Waals surface area contributed by atoms with Crippen molar-refractivity contribution in [2.75, 3.05) is 24.7 Å². The Morgan fingerprint density at radius 2 is 1.38 bits per heavy atom. The number of ketones is 1. The number of hydrogen-bond donors (Lipinski definition) is 8. The average molecular weight is 645 g/mol. The molecular formula is C29H36N6O9S. The van der Waals surface area contributed by atoms with Crippen LogP contribution in [0.1, 0.15) is 34.3 Å². The van der Waals surface area contributed by atoms with E-state index in [0.717, 1.165) is 11.8 Å². The van der Waals surface area contributed by atoms with Crippen LogP contribution in [-0.4, -0.2) is 94.4 Å². The highest BCUT2D eigenvalue weighted by atomic mass is 32.2. The van der Waals surface area contributed by atoms with Crippen LogP contribution in [0.15, 0.2) is 54.6 Å². The second kappa shape index (κ2) is 18.8. The molecule has 3 unspecified atom stereocenters. The van der Waals surface area contributed by atoms with Crippen LogP contribution >= 0.6 is 11.8 Å². The van der Waals surface area contributed by atoms with Crippen molar-refractivity contribution in [3.8, 4) is 0 Å². The number of carbonyl (C=O) groups is 7. The molecule has 0 aliphatic heterocycles. The minimum atomic E-state index is -1.31. The summed E-state index contributed by atoms with van der Waals surface area (Å²) in [5, 5.41) is 27.3. The zero-order valence-corrected chi connectivity index (χ0v) is 25.0. The van der Waals surface area contributed by atoms with Crippen molar-refractivity contribution >= 4 is 53.1 Å². The van der Waals surface area contributed by atoms with E-state index >= 15 is 0 Å². The average Bonchev–Trinajstić information content (AvgIpc) is 3.02. The number of hydrogen-bond acceptors (Lipinski definition) is 10. The second-order valence-corrected chi connectivity index (χ2v) is 10.7. The molecule has 0 fully saturated rings. The van der Waals surface area contributed by atoms with E-state index in [1.165, 1.54) is 0 Å². The predicted octanol–water partition coefficient (Wildman–Crippen LogP) is -1.41. The Morgan fingerprint density at radius 1 is 0.778 bits per heavy atom. The number of carbonyl (C=O) groups excluding carboxylic acids is 5. The Bertz CT molecular complexity index is 1360. The Morgan fingerprint density at radius 3 is 1.98 bits per heavy atom. The van der Waals surface area contributed by atoms with Crippen LogP contribution in [0.2, 0.25) is 0 Å². The first-order chi connectivity index (χ1) is 21.4. The molecule has 10 N–H and O–H groups in total. The van der Waals surface area contributed by atoms with E-state index in [1.807, 2.05) is 0 Å². The summed E-state index contributed by atoms with van der Waals surface area (Å²) in [7, 11) is 0. The molecule has 4 amide bonds. The van der Waals surface area contributed by atoms with Crippen molar-refractivity contribution in [1.29, 1.82) is 0 Å². The van der Waals surface area contributed by atoms with Gasteiger partial charge in [-0.1, -0.05) is 54.6 Å². The molecule has 0 saturated heterocycles. The van der Waals surface area contributed by atoms with Crippen LogP contribution < -0.4 is 32.7 Å². The quantitative estimate of drug-likeness (QED) is 0.0648. The second-order valence-electron chi connectivity index (χ2n) is 9.69. The van der Waals surface area contributed by atoms with Crippen molar-refractivity contribution in [2.45, 2.75) is 37.4 Å². The van der Waals surface area contributed by atoms with E-state index in [-0.39, 0.29) is 43.2 Å². The summed E-state index contributed by atoms with van der Waals surface area (Å²) in [5.41, 5.74) is 12.5. The lowest BCUT2D eigenvalue weighted by Crippen LogP contribution is -2.50. The number of aliphatic carboxylic acids is 2. The molecule has 0 saturated carbocycles. The first-order valence-corrected chi connectivity index (χ1v) is 14.9. The van der Waals surface area contributed by atoms with E-state index in [2.05, 4.69) is 21.3 Å². The van der Waals surface area contributed by atoms with Crippen LogP contribution in [0.5, 0.6) is 0 Å². The minimum absolute atomic E-state index is 0.0802. The molecule has 0 heterocycles. The molecule has 0 aliphatic carbocycles. The standard InChI is InChI=1S/C29H36N6O9S/c30-16-33-27(41)21(12-17-6-8-19(9-7-17)26(40)18-4-2-1-3-5-18)34-24(37)15-45-14-22(28(42)32-13-25(38)39)35-23(36)11-10-20(31)29(43)44/h1-9,20-22H,10-16,30-31H2,(H,32,42)(H,33,41)(H,34,37)(H,35,36)(H,38,39)(H,43,44). The topological polar surface area (TPSA) is 260 Å². The minimum Gasteiger partial charge on any atom is -0.480 e. The molecule has 0 bridgehead atoms. The molecule has 3 atom stereocenters. The smallest absolute Gasteiger partial charge is 0.322 e. The summed E-state index contributed by atoms with van der Waals surface area (Å²) < 4.78 is 0. The SMILES string of the molecule is NCNC(=O)C(Cc1ccc(C(=O)c2ccccc2)cc1)NC(=O)CSCC(NC(=O)CCC(N)C(=O)O)C(=O)NCC(=O)O. The van der Waals surface area contributed by atoms with Gasteiger partial charge in [0.25, 0.3) is 0 Å². The highest BCUT2D eigenvalue weighted by Crippen LogP contribution is 2.13. The number of nitrogens with two attached hydrogens (primary N) is 2. The van der Waals surface area contributed by atoms with Gasteiger partial charge in [-0.05, 0) is 12.0 Å². The number of benzene rings is 2. The molecule has 0 spiro atoms. The maximum Gasteiger partial charge on any atom is 0.322 e. The van der Waals surface area contributed by atoms with Crippen molar-refractivity contribution in [2.24, 2.45) is 11.5 Å². The Labute approximate surface area is 262 Å². The summed E-state index contributed by atoms with van der Waals surface area (Å²) in [6.45, 7) is -0.881. The fraction of sp³-hybridized carbons (Fsp3) is 0.345. The number of amides is 4. The molecule has 16 heteroatoms. The number of rotatable bonds is 19.